The van der Waals surface area contributed by atoms with Crippen LogP contribution in [0.2, 0.25) is 0 Å². The molecule has 1 saturated carbocycles. The normalized spacial score (nSPS) is 15.8. The molecule has 0 unspecified atom stereocenters. The predicted octanol–water partition coefficient (Wildman–Crippen LogP) is 1.39. The van der Waals surface area contributed by atoms with Gasteiger partial charge in [0.05, 0.1) is 13.0 Å². The lowest BCUT2D eigenvalue weighted by atomic mass is 10.1. The van der Waals surface area contributed by atoms with Crippen LogP contribution in [0.1, 0.15) is 31.4 Å². The molecule has 98 valence electrons. The Morgan fingerprint density at radius 1 is 1.39 bits per heavy atom. The summed E-state index contributed by atoms with van der Waals surface area (Å²) in [6, 6.07) is 5.91. The monoisotopic (exact) mass is 248 g/mol. The molecule has 1 aliphatic carbocycles. The number of aliphatic hydroxyl groups is 1. The summed E-state index contributed by atoms with van der Waals surface area (Å²) in [6.45, 7) is 0.473. The minimum absolute atomic E-state index is 0.0322. The van der Waals surface area contributed by atoms with Crippen molar-refractivity contribution in [3.63, 3.8) is 0 Å². The zero-order valence-corrected chi connectivity index (χ0v) is 10.6. The van der Waals surface area contributed by atoms with E-state index in [0.29, 0.717) is 19.0 Å². The standard InChI is InChI=1S/C14H20N2O2/c17-10-9-16(13-6-1-2-7-13)14(18)11-12-5-3-4-8-15-12/h3-5,8,13,17H,1-2,6-7,9-11H2. The number of rotatable bonds is 5. The molecule has 0 atom stereocenters. The second-order valence-electron chi connectivity index (χ2n) is 4.75. The van der Waals surface area contributed by atoms with Crippen LogP contribution in [0.4, 0.5) is 0 Å². The molecule has 2 rings (SSSR count). The van der Waals surface area contributed by atoms with Crippen LogP contribution in [0.3, 0.4) is 0 Å². The average Bonchev–Trinajstić information content (AvgIpc) is 2.90. The number of carbonyl (C=O) groups is 1. The fourth-order valence-corrected chi connectivity index (χ4v) is 2.59. The van der Waals surface area contributed by atoms with Crippen LogP contribution < -0.4 is 0 Å². The van der Waals surface area contributed by atoms with Crippen LogP contribution in [-0.4, -0.2) is 40.1 Å². The highest BCUT2D eigenvalue weighted by molar-refractivity contribution is 5.78. The van der Waals surface area contributed by atoms with E-state index in [1.54, 1.807) is 6.20 Å². The summed E-state index contributed by atoms with van der Waals surface area (Å²) in [5, 5.41) is 9.10. The van der Waals surface area contributed by atoms with Crippen LogP contribution in [0, 0.1) is 0 Å². The van der Waals surface area contributed by atoms with Crippen LogP contribution >= 0.6 is 0 Å². The fraction of sp³-hybridized carbons (Fsp3) is 0.571. The van der Waals surface area contributed by atoms with Gasteiger partial charge in [-0.25, -0.2) is 0 Å². The summed E-state index contributed by atoms with van der Waals surface area (Å²) < 4.78 is 0. The largest absolute Gasteiger partial charge is 0.395 e. The first-order valence-electron chi connectivity index (χ1n) is 6.61. The summed E-state index contributed by atoms with van der Waals surface area (Å²) in [7, 11) is 0. The van der Waals surface area contributed by atoms with E-state index < -0.39 is 0 Å². The number of hydrogen-bond donors (Lipinski definition) is 1. The lowest BCUT2D eigenvalue weighted by Gasteiger charge is -2.28. The molecule has 4 heteroatoms. The number of amides is 1. The number of aromatic nitrogens is 1. The van der Waals surface area contributed by atoms with Crippen molar-refractivity contribution in [2.45, 2.75) is 38.1 Å². The molecule has 0 saturated heterocycles. The van der Waals surface area contributed by atoms with Crippen LogP contribution in [0.5, 0.6) is 0 Å². The molecule has 1 aromatic heterocycles. The number of aliphatic hydroxyl groups excluding tert-OH is 1. The minimum atomic E-state index is 0.0322. The van der Waals surface area contributed by atoms with Crippen molar-refractivity contribution in [3.8, 4) is 0 Å². The molecule has 0 aliphatic heterocycles. The predicted molar refractivity (Wildman–Crippen MR) is 69.0 cm³/mol. The van der Waals surface area contributed by atoms with Gasteiger partial charge in [-0.3, -0.25) is 9.78 Å². The van der Waals surface area contributed by atoms with E-state index in [1.807, 2.05) is 23.1 Å². The smallest absolute Gasteiger partial charge is 0.228 e. The average molecular weight is 248 g/mol. The Morgan fingerprint density at radius 2 is 2.17 bits per heavy atom. The summed E-state index contributed by atoms with van der Waals surface area (Å²) in [5.41, 5.74) is 0.795. The number of pyridine rings is 1. The van der Waals surface area contributed by atoms with Crippen molar-refractivity contribution in [1.29, 1.82) is 0 Å². The molecule has 0 bridgehead atoms. The molecule has 1 heterocycles. The first-order valence-corrected chi connectivity index (χ1v) is 6.61. The number of nitrogens with zero attached hydrogens (tertiary/aromatic N) is 2. The van der Waals surface area contributed by atoms with Gasteiger partial charge in [0.15, 0.2) is 0 Å². The van der Waals surface area contributed by atoms with Gasteiger partial charge in [0.1, 0.15) is 0 Å². The first-order chi connectivity index (χ1) is 8.81. The topological polar surface area (TPSA) is 53.4 Å². The highest BCUT2D eigenvalue weighted by Gasteiger charge is 2.26. The van der Waals surface area contributed by atoms with Crippen LogP contribution in [0.15, 0.2) is 24.4 Å². The third-order valence-electron chi connectivity index (χ3n) is 3.49. The third-order valence-corrected chi connectivity index (χ3v) is 3.49. The van der Waals surface area contributed by atoms with Gasteiger partial charge in [-0.2, -0.15) is 0 Å². The van der Waals surface area contributed by atoms with Gasteiger partial charge in [0.2, 0.25) is 5.91 Å². The molecule has 1 amide bonds. The highest BCUT2D eigenvalue weighted by Crippen LogP contribution is 2.23. The summed E-state index contributed by atoms with van der Waals surface area (Å²) in [6.07, 6.45) is 6.53. The van der Waals surface area contributed by atoms with Gasteiger partial charge in [0, 0.05) is 24.5 Å². The van der Waals surface area contributed by atoms with Gasteiger partial charge < -0.3 is 10.0 Å². The lowest BCUT2D eigenvalue weighted by Crippen LogP contribution is -2.41. The Hall–Kier alpha value is -1.42. The molecule has 1 fully saturated rings. The van der Waals surface area contributed by atoms with E-state index in [2.05, 4.69) is 4.98 Å². The SMILES string of the molecule is O=C(Cc1ccccn1)N(CCO)C1CCCC1. The molecule has 1 aliphatic rings. The number of carbonyl (C=O) groups excluding carboxylic acids is 1. The number of hydrogen-bond acceptors (Lipinski definition) is 3. The Kier molecular flexibility index (Phi) is 4.70. The second kappa shape index (κ2) is 6.50. The van der Waals surface area contributed by atoms with E-state index in [9.17, 15) is 4.79 Å². The zero-order chi connectivity index (χ0) is 12.8. The van der Waals surface area contributed by atoms with Gasteiger partial charge in [-0.05, 0) is 25.0 Å². The van der Waals surface area contributed by atoms with Crippen molar-refractivity contribution in [3.05, 3.63) is 30.1 Å². The summed E-state index contributed by atoms with van der Waals surface area (Å²) >= 11 is 0. The highest BCUT2D eigenvalue weighted by atomic mass is 16.3. The van der Waals surface area contributed by atoms with Crippen molar-refractivity contribution >= 4 is 5.91 Å². The maximum atomic E-state index is 12.3. The molecule has 0 spiro atoms. The van der Waals surface area contributed by atoms with Gasteiger partial charge in [-0.1, -0.05) is 18.9 Å². The van der Waals surface area contributed by atoms with Crippen molar-refractivity contribution in [2.24, 2.45) is 0 Å². The van der Waals surface area contributed by atoms with Crippen molar-refractivity contribution < 1.29 is 9.90 Å². The van der Waals surface area contributed by atoms with E-state index in [-0.39, 0.29) is 12.5 Å². The quantitative estimate of drug-likeness (QED) is 0.856. The van der Waals surface area contributed by atoms with E-state index in [4.69, 9.17) is 5.11 Å². The summed E-state index contributed by atoms with van der Waals surface area (Å²) in [4.78, 5) is 18.3. The maximum Gasteiger partial charge on any atom is 0.228 e. The van der Waals surface area contributed by atoms with Gasteiger partial charge >= 0.3 is 0 Å². The van der Waals surface area contributed by atoms with E-state index in [1.165, 1.54) is 12.8 Å². The lowest BCUT2D eigenvalue weighted by molar-refractivity contribution is -0.133. The van der Waals surface area contributed by atoms with Gasteiger partial charge in [-0.15, -0.1) is 0 Å². The second-order valence-corrected chi connectivity index (χ2v) is 4.75. The molecule has 18 heavy (non-hydrogen) atoms. The van der Waals surface area contributed by atoms with Gasteiger partial charge in [0.25, 0.3) is 0 Å². The maximum absolute atomic E-state index is 12.3. The summed E-state index contributed by atoms with van der Waals surface area (Å²) in [5.74, 6) is 0.0784. The first kappa shape index (κ1) is 13.0. The van der Waals surface area contributed by atoms with E-state index >= 15 is 0 Å². The Morgan fingerprint density at radius 3 is 2.78 bits per heavy atom. The zero-order valence-electron chi connectivity index (χ0n) is 10.6. The minimum Gasteiger partial charge on any atom is -0.395 e. The molecule has 1 N–H and O–H groups in total. The molecule has 0 aromatic carbocycles. The van der Waals surface area contributed by atoms with Crippen LogP contribution in [0.25, 0.3) is 0 Å². The fourth-order valence-electron chi connectivity index (χ4n) is 2.59. The Bertz CT molecular complexity index is 375. The molecular formula is C14H20N2O2. The van der Waals surface area contributed by atoms with Crippen LogP contribution in [-0.2, 0) is 11.2 Å². The van der Waals surface area contributed by atoms with Crippen molar-refractivity contribution in [2.75, 3.05) is 13.2 Å². The Balaban J connectivity index is 1.99. The Labute approximate surface area is 108 Å². The third kappa shape index (κ3) is 3.29. The molecular weight excluding hydrogens is 228 g/mol. The van der Waals surface area contributed by atoms with Crippen molar-refractivity contribution in [1.82, 2.24) is 9.88 Å². The molecule has 4 nitrogen and oxygen atoms in total. The molecule has 1 aromatic rings. The van der Waals surface area contributed by atoms with E-state index in [0.717, 1.165) is 18.5 Å². The molecule has 0 radical (unpaired) electrons.